The Labute approximate surface area is 78.5 Å². The fourth-order valence-electron chi connectivity index (χ4n) is 1.08. The summed E-state index contributed by atoms with van der Waals surface area (Å²) in [4.78, 5) is 0. The minimum atomic E-state index is 0.0762. The monoisotopic (exact) mass is 183 g/mol. The summed E-state index contributed by atoms with van der Waals surface area (Å²) in [6.45, 7) is 6.16. The van der Waals surface area contributed by atoms with Crippen molar-refractivity contribution >= 4 is 0 Å². The molecular weight excluding hydrogens is 166 g/mol. The second-order valence-electron chi connectivity index (χ2n) is 3.87. The van der Waals surface area contributed by atoms with E-state index in [1.54, 1.807) is 0 Å². The highest BCUT2D eigenvalue weighted by Crippen LogP contribution is 2.07. The van der Waals surface area contributed by atoms with E-state index < -0.39 is 0 Å². The number of aromatic nitrogens is 2. The first kappa shape index (κ1) is 10.2. The quantitative estimate of drug-likeness (QED) is 0.760. The van der Waals surface area contributed by atoms with Crippen LogP contribution in [0.3, 0.4) is 0 Å². The molecule has 2 N–H and O–H groups in total. The SMILES string of the molecule is CC(C)Cc1nnc(CC(C)N)o1. The normalized spacial score (nSPS) is 13.6. The van der Waals surface area contributed by atoms with Gasteiger partial charge in [0.25, 0.3) is 0 Å². The van der Waals surface area contributed by atoms with Gasteiger partial charge in [-0.2, -0.15) is 0 Å². The average Bonchev–Trinajstić information content (AvgIpc) is 2.33. The Bertz CT molecular complexity index is 231. The topological polar surface area (TPSA) is 64.9 Å². The molecule has 0 spiro atoms. The fourth-order valence-corrected chi connectivity index (χ4v) is 1.08. The summed E-state index contributed by atoms with van der Waals surface area (Å²) in [5, 5.41) is 7.85. The van der Waals surface area contributed by atoms with Crippen LogP contribution in [0.4, 0.5) is 0 Å². The summed E-state index contributed by atoms with van der Waals surface area (Å²) in [6.07, 6.45) is 1.50. The van der Waals surface area contributed by atoms with Crippen molar-refractivity contribution < 1.29 is 4.42 Å². The maximum absolute atomic E-state index is 5.61. The highest BCUT2D eigenvalue weighted by Gasteiger charge is 2.08. The zero-order valence-electron chi connectivity index (χ0n) is 8.45. The lowest BCUT2D eigenvalue weighted by Crippen LogP contribution is -2.17. The molecule has 1 aromatic heterocycles. The Kier molecular flexibility index (Phi) is 3.42. The molecule has 13 heavy (non-hydrogen) atoms. The standard InChI is InChI=1S/C9H17N3O/c1-6(2)4-8-11-12-9(13-8)5-7(3)10/h6-7H,4-5,10H2,1-3H3. The molecule has 1 unspecified atom stereocenters. The number of hydrogen-bond donors (Lipinski definition) is 1. The molecule has 4 heteroatoms. The molecule has 0 fully saturated rings. The van der Waals surface area contributed by atoms with Crippen LogP contribution in [0.15, 0.2) is 4.42 Å². The Morgan fingerprint density at radius 1 is 1.15 bits per heavy atom. The van der Waals surface area contributed by atoms with Gasteiger partial charge in [-0.3, -0.25) is 0 Å². The van der Waals surface area contributed by atoms with Crippen molar-refractivity contribution in [3.8, 4) is 0 Å². The Hall–Kier alpha value is -0.900. The smallest absolute Gasteiger partial charge is 0.218 e. The third-order valence-electron chi connectivity index (χ3n) is 1.59. The van der Waals surface area contributed by atoms with E-state index in [0.29, 0.717) is 24.1 Å². The first-order valence-electron chi connectivity index (χ1n) is 4.64. The molecule has 0 radical (unpaired) electrons. The fraction of sp³-hybridized carbons (Fsp3) is 0.778. The van der Waals surface area contributed by atoms with E-state index >= 15 is 0 Å². The molecule has 1 atom stereocenters. The van der Waals surface area contributed by atoms with Crippen LogP contribution >= 0.6 is 0 Å². The lowest BCUT2D eigenvalue weighted by atomic mass is 10.1. The van der Waals surface area contributed by atoms with E-state index in [1.165, 1.54) is 0 Å². The average molecular weight is 183 g/mol. The first-order valence-corrected chi connectivity index (χ1v) is 4.64. The molecule has 0 aliphatic carbocycles. The van der Waals surface area contributed by atoms with Gasteiger partial charge < -0.3 is 10.2 Å². The van der Waals surface area contributed by atoms with Crippen LogP contribution in [0.2, 0.25) is 0 Å². The van der Waals surface area contributed by atoms with E-state index in [-0.39, 0.29) is 6.04 Å². The molecule has 1 aromatic rings. The van der Waals surface area contributed by atoms with Gasteiger partial charge in [-0.1, -0.05) is 13.8 Å². The maximum atomic E-state index is 5.61. The summed E-state index contributed by atoms with van der Waals surface area (Å²) < 4.78 is 5.40. The number of hydrogen-bond acceptors (Lipinski definition) is 4. The summed E-state index contributed by atoms with van der Waals surface area (Å²) in [6, 6.07) is 0.0762. The van der Waals surface area contributed by atoms with Crippen molar-refractivity contribution in [1.82, 2.24) is 10.2 Å². The Morgan fingerprint density at radius 2 is 1.69 bits per heavy atom. The Morgan fingerprint density at radius 3 is 2.15 bits per heavy atom. The molecule has 1 rings (SSSR count). The largest absolute Gasteiger partial charge is 0.425 e. The highest BCUT2D eigenvalue weighted by atomic mass is 16.4. The van der Waals surface area contributed by atoms with Crippen LogP contribution in [0, 0.1) is 5.92 Å². The van der Waals surface area contributed by atoms with Gasteiger partial charge in [-0.05, 0) is 12.8 Å². The molecule has 0 bridgehead atoms. The molecule has 4 nitrogen and oxygen atoms in total. The lowest BCUT2D eigenvalue weighted by molar-refractivity contribution is 0.417. The summed E-state index contributed by atoms with van der Waals surface area (Å²) >= 11 is 0. The third-order valence-corrected chi connectivity index (χ3v) is 1.59. The molecule has 0 amide bonds. The zero-order chi connectivity index (χ0) is 9.84. The molecule has 0 saturated carbocycles. The van der Waals surface area contributed by atoms with E-state index in [1.807, 2.05) is 6.92 Å². The third kappa shape index (κ3) is 3.55. The number of nitrogens with two attached hydrogens (primary N) is 1. The second-order valence-corrected chi connectivity index (χ2v) is 3.87. The van der Waals surface area contributed by atoms with Gasteiger partial charge in [0.15, 0.2) is 0 Å². The minimum Gasteiger partial charge on any atom is -0.425 e. The molecule has 0 aliphatic rings. The molecular formula is C9H17N3O. The molecule has 0 aliphatic heterocycles. The maximum Gasteiger partial charge on any atom is 0.218 e. The Balaban J connectivity index is 2.53. The van der Waals surface area contributed by atoms with Crippen LogP contribution in [-0.2, 0) is 12.8 Å². The van der Waals surface area contributed by atoms with Gasteiger partial charge in [-0.25, -0.2) is 0 Å². The first-order chi connectivity index (χ1) is 6.08. The summed E-state index contributed by atoms with van der Waals surface area (Å²) in [5.41, 5.74) is 5.61. The highest BCUT2D eigenvalue weighted by molar-refractivity contribution is 4.85. The predicted octanol–water partition coefficient (Wildman–Crippen LogP) is 1.16. The van der Waals surface area contributed by atoms with Crippen molar-refractivity contribution in [3.63, 3.8) is 0 Å². The van der Waals surface area contributed by atoms with Crippen molar-refractivity contribution in [2.24, 2.45) is 11.7 Å². The van der Waals surface area contributed by atoms with E-state index in [9.17, 15) is 0 Å². The predicted molar refractivity (Wildman–Crippen MR) is 50.2 cm³/mol. The van der Waals surface area contributed by atoms with Crippen LogP contribution < -0.4 is 5.73 Å². The van der Waals surface area contributed by atoms with E-state index in [4.69, 9.17) is 10.2 Å². The van der Waals surface area contributed by atoms with Gasteiger partial charge in [0, 0.05) is 18.9 Å². The van der Waals surface area contributed by atoms with Gasteiger partial charge >= 0.3 is 0 Å². The molecule has 1 heterocycles. The van der Waals surface area contributed by atoms with Crippen LogP contribution in [0.25, 0.3) is 0 Å². The minimum absolute atomic E-state index is 0.0762. The molecule has 74 valence electrons. The van der Waals surface area contributed by atoms with E-state index in [2.05, 4.69) is 24.0 Å². The van der Waals surface area contributed by atoms with Crippen LogP contribution in [0.1, 0.15) is 32.6 Å². The number of rotatable bonds is 4. The van der Waals surface area contributed by atoms with E-state index in [0.717, 1.165) is 6.42 Å². The van der Waals surface area contributed by atoms with Crippen molar-refractivity contribution in [2.45, 2.75) is 39.7 Å². The molecule has 0 aromatic carbocycles. The van der Waals surface area contributed by atoms with Crippen LogP contribution in [-0.4, -0.2) is 16.2 Å². The second kappa shape index (κ2) is 4.37. The van der Waals surface area contributed by atoms with Crippen LogP contribution in [0.5, 0.6) is 0 Å². The van der Waals surface area contributed by atoms with Crippen molar-refractivity contribution in [3.05, 3.63) is 11.8 Å². The zero-order valence-corrected chi connectivity index (χ0v) is 8.45. The van der Waals surface area contributed by atoms with Crippen molar-refractivity contribution in [1.29, 1.82) is 0 Å². The van der Waals surface area contributed by atoms with Crippen molar-refractivity contribution in [2.75, 3.05) is 0 Å². The summed E-state index contributed by atoms with van der Waals surface area (Å²) in [5.74, 6) is 1.90. The number of nitrogens with zero attached hydrogens (tertiary/aromatic N) is 2. The van der Waals surface area contributed by atoms with Gasteiger partial charge in [-0.15, -0.1) is 10.2 Å². The van der Waals surface area contributed by atoms with Gasteiger partial charge in [0.2, 0.25) is 11.8 Å². The lowest BCUT2D eigenvalue weighted by Gasteiger charge is -1.99. The van der Waals surface area contributed by atoms with Gasteiger partial charge in [0.05, 0.1) is 0 Å². The van der Waals surface area contributed by atoms with Gasteiger partial charge in [0.1, 0.15) is 0 Å². The summed E-state index contributed by atoms with van der Waals surface area (Å²) in [7, 11) is 0. The molecule has 0 saturated heterocycles.